The Balaban J connectivity index is 2.08. The third-order valence-corrected chi connectivity index (χ3v) is 5.01. The molecule has 0 bridgehead atoms. The molecule has 0 aromatic carbocycles. The number of rotatable bonds is 3. The molecule has 0 aliphatic heterocycles. The van der Waals surface area contributed by atoms with Crippen molar-refractivity contribution in [2.24, 2.45) is 5.92 Å². The van der Waals surface area contributed by atoms with Crippen LogP contribution in [0.25, 0.3) is 0 Å². The molecule has 84 valence electrons. The Morgan fingerprint density at radius 1 is 1.75 bits per heavy atom. The fraction of sp³-hybridized carbons (Fsp3) is 0.455. The number of halogens is 1. The molecule has 1 aromatic heterocycles. The minimum Gasteiger partial charge on any atom is -0.335 e. The van der Waals surface area contributed by atoms with E-state index in [2.05, 4.69) is 27.3 Å². The zero-order valence-corrected chi connectivity index (χ0v) is 11.2. The molecule has 1 fully saturated rings. The summed E-state index contributed by atoms with van der Waals surface area (Å²) in [5.74, 6) is 0.206. The van der Waals surface area contributed by atoms with Crippen molar-refractivity contribution in [1.29, 1.82) is 5.26 Å². The van der Waals surface area contributed by atoms with E-state index in [0.29, 0.717) is 10.8 Å². The summed E-state index contributed by atoms with van der Waals surface area (Å²) in [4.78, 5) is 12.5. The van der Waals surface area contributed by atoms with Gasteiger partial charge in [-0.2, -0.15) is 5.26 Å². The summed E-state index contributed by atoms with van der Waals surface area (Å²) >= 11 is 4.78. The fourth-order valence-electron chi connectivity index (χ4n) is 1.47. The SMILES string of the molecule is Cc1csc(C(=O)NC(C#N)C2CC2)c1Br. The van der Waals surface area contributed by atoms with Crippen LogP contribution in [0.15, 0.2) is 9.85 Å². The molecule has 1 aromatic rings. The average Bonchev–Trinajstić information content (AvgIpc) is 3.04. The van der Waals surface area contributed by atoms with Crippen LogP contribution in [0, 0.1) is 24.2 Å². The van der Waals surface area contributed by atoms with E-state index in [-0.39, 0.29) is 11.9 Å². The molecule has 1 unspecified atom stereocenters. The van der Waals surface area contributed by atoms with Gasteiger partial charge in [-0.25, -0.2) is 0 Å². The predicted octanol–water partition coefficient (Wildman–Crippen LogP) is 2.85. The standard InChI is InChI=1S/C11H11BrN2OS/c1-6-5-16-10(9(6)12)11(15)14-8(4-13)7-2-3-7/h5,7-8H,2-3H2,1H3,(H,14,15). The normalized spacial score (nSPS) is 16.6. The van der Waals surface area contributed by atoms with Crippen molar-refractivity contribution in [3.05, 3.63) is 20.3 Å². The second-order valence-electron chi connectivity index (χ2n) is 3.98. The van der Waals surface area contributed by atoms with E-state index in [9.17, 15) is 4.79 Å². The molecular weight excluding hydrogens is 288 g/mol. The van der Waals surface area contributed by atoms with Crippen molar-refractivity contribution in [2.45, 2.75) is 25.8 Å². The largest absolute Gasteiger partial charge is 0.335 e. The lowest BCUT2D eigenvalue weighted by atomic mass is 10.2. The number of aryl methyl sites for hydroxylation is 1. The monoisotopic (exact) mass is 298 g/mol. The highest BCUT2D eigenvalue weighted by molar-refractivity contribution is 9.10. The zero-order valence-electron chi connectivity index (χ0n) is 8.79. The number of hydrogen-bond acceptors (Lipinski definition) is 3. The maximum absolute atomic E-state index is 11.9. The van der Waals surface area contributed by atoms with E-state index in [4.69, 9.17) is 5.26 Å². The number of carbonyl (C=O) groups is 1. The van der Waals surface area contributed by atoms with E-state index in [0.717, 1.165) is 22.9 Å². The van der Waals surface area contributed by atoms with Gasteiger partial charge in [-0.15, -0.1) is 11.3 Å². The second kappa shape index (κ2) is 4.56. The van der Waals surface area contributed by atoms with Gasteiger partial charge in [-0.1, -0.05) is 0 Å². The lowest BCUT2D eigenvalue weighted by Crippen LogP contribution is -2.34. The van der Waals surface area contributed by atoms with Crippen LogP contribution in [0.4, 0.5) is 0 Å². The van der Waals surface area contributed by atoms with Crippen molar-refractivity contribution >= 4 is 33.2 Å². The fourth-order valence-corrected chi connectivity index (χ4v) is 3.04. The summed E-state index contributed by atoms with van der Waals surface area (Å²) in [5, 5.41) is 13.6. The van der Waals surface area contributed by atoms with Crippen LogP contribution in [0.3, 0.4) is 0 Å². The Hall–Kier alpha value is -0.860. The van der Waals surface area contributed by atoms with E-state index in [1.54, 1.807) is 0 Å². The second-order valence-corrected chi connectivity index (χ2v) is 5.65. The van der Waals surface area contributed by atoms with Gasteiger partial charge >= 0.3 is 0 Å². The summed E-state index contributed by atoms with van der Waals surface area (Å²) in [6, 6.07) is 1.82. The molecule has 16 heavy (non-hydrogen) atoms. The molecule has 1 atom stereocenters. The van der Waals surface area contributed by atoms with Crippen molar-refractivity contribution in [2.75, 3.05) is 0 Å². The molecule has 1 aliphatic rings. The van der Waals surface area contributed by atoms with Crippen molar-refractivity contribution in [1.82, 2.24) is 5.32 Å². The molecule has 1 N–H and O–H groups in total. The number of nitriles is 1. The lowest BCUT2D eigenvalue weighted by molar-refractivity contribution is 0.0945. The Kier molecular flexibility index (Phi) is 3.31. The van der Waals surface area contributed by atoms with E-state index >= 15 is 0 Å². The Bertz CT molecular complexity index is 459. The van der Waals surface area contributed by atoms with Crippen LogP contribution in [-0.4, -0.2) is 11.9 Å². The molecular formula is C11H11BrN2OS. The number of hydrogen-bond donors (Lipinski definition) is 1. The minimum absolute atomic E-state index is 0.150. The zero-order chi connectivity index (χ0) is 11.7. The molecule has 3 nitrogen and oxygen atoms in total. The summed E-state index contributed by atoms with van der Waals surface area (Å²) in [7, 11) is 0. The third kappa shape index (κ3) is 2.28. The van der Waals surface area contributed by atoms with Gasteiger partial charge in [0.25, 0.3) is 5.91 Å². The van der Waals surface area contributed by atoms with Gasteiger partial charge in [0.05, 0.1) is 6.07 Å². The molecule has 0 radical (unpaired) electrons. The third-order valence-electron chi connectivity index (χ3n) is 2.62. The van der Waals surface area contributed by atoms with Gasteiger partial charge in [0.15, 0.2) is 0 Å². The first-order valence-electron chi connectivity index (χ1n) is 5.07. The number of carbonyl (C=O) groups excluding carboxylic acids is 1. The molecule has 0 saturated heterocycles. The van der Waals surface area contributed by atoms with Crippen LogP contribution in [0.5, 0.6) is 0 Å². The van der Waals surface area contributed by atoms with Crippen LogP contribution >= 0.6 is 27.3 Å². The highest BCUT2D eigenvalue weighted by Crippen LogP contribution is 2.33. The highest BCUT2D eigenvalue weighted by Gasteiger charge is 2.33. The quantitative estimate of drug-likeness (QED) is 0.933. The number of nitrogens with zero attached hydrogens (tertiary/aromatic N) is 1. The van der Waals surface area contributed by atoms with Crippen LogP contribution in [-0.2, 0) is 0 Å². The Morgan fingerprint density at radius 2 is 2.44 bits per heavy atom. The predicted molar refractivity (Wildman–Crippen MR) is 66.3 cm³/mol. The Morgan fingerprint density at radius 3 is 2.88 bits per heavy atom. The van der Waals surface area contributed by atoms with Crippen LogP contribution < -0.4 is 5.32 Å². The maximum Gasteiger partial charge on any atom is 0.263 e. The average molecular weight is 299 g/mol. The molecule has 5 heteroatoms. The van der Waals surface area contributed by atoms with Gasteiger partial charge in [0.2, 0.25) is 0 Å². The maximum atomic E-state index is 11.9. The summed E-state index contributed by atoms with van der Waals surface area (Å²) < 4.78 is 0.836. The smallest absolute Gasteiger partial charge is 0.263 e. The highest BCUT2D eigenvalue weighted by atomic mass is 79.9. The number of nitrogens with one attached hydrogen (secondary N) is 1. The number of thiophene rings is 1. The first-order valence-corrected chi connectivity index (χ1v) is 6.75. The van der Waals surface area contributed by atoms with Crippen LogP contribution in [0.1, 0.15) is 28.1 Å². The van der Waals surface area contributed by atoms with Crippen molar-refractivity contribution in [3.8, 4) is 6.07 Å². The van der Waals surface area contributed by atoms with E-state index in [1.807, 2.05) is 12.3 Å². The molecule has 1 aliphatic carbocycles. The summed E-state index contributed by atoms with van der Waals surface area (Å²) in [6.07, 6.45) is 2.09. The summed E-state index contributed by atoms with van der Waals surface area (Å²) in [6.45, 7) is 1.94. The van der Waals surface area contributed by atoms with E-state index in [1.165, 1.54) is 11.3 Å². The molecule has 1 heterocycles. The first kappa shape index (κ1) is 11.6. The van der Waals surface area contributed by atoms with Gasteiger partial charge in [-0.3, -0.25) is 4.79 Å². The minimum atomic E-state index is -0.332. The molecule has 2 rings (SSSR count). The lowest BCUT2D eigenvalue weighted by Gasteiger charge is -2.09. The van der Waals surface area contributed by atoms with Gasteiger partial charge in [0, 0.05) is 4.47 Å². The molecule has 1 amide bonds. The topological polar surface area (TPSA) is 52.9 Å². The molecule has 1 saturated carbocycles. The van der Waals surface area contributed by atoms with Crippen molar-refractivity contribution in [3.63, 3.8) is 0 Å². The van der Waals surface area contributed by atoms with Crippen molar-refractivity contribution < 1.29 is 4.79 Å². The van der Waals surface area contributed by atoms with Crippen LogP contribution in [0.2, 0.25) is 0 Å². The summed E-state index contributed by atoms with van der Waals surface area (Å²) in [5.41, 5.74) is 1.05. The van der Waals surface area contributed by atoms with E-state index < -0.39 is 0 Å². The molecule has 0 spiro atoms. The number of amides is 1. The Labute approximate surface area is 107 Å². The van der Waals surface area contributed by atoms with Gasteiger partial charge < -0.3 is 5.32 Å². The van der Waals surface area contributed by atoms with Gasteiger partial charge in [-0.05, 0) is 52.6 Å². The first-order chi connectivity index (χ1) is 7.63. The van der Waals surface area contributed by atoms with Gasteiger partial charge in [0.1, 0.15) is 10.9 Å².